The molecule has 2 rings (SSSR count). The Kier molecular flexibility index (Phi) is 3.72. The predicted molar refractivity (Wildman–Crippen MR) is 69.9 cm³/mol. The maximum atomic E-state index is 11.5. The maximum Gasteiger partial charge on any atom is 0.225 e. The van der Waals surface area contributed by atoms with E-state index in [4.69, 9.17) is 5.11 Å². The van der Waals surface area contributed by atoms with E-state index in [1.54, 1.807) is 31.3 Å². The summed E-state index contributed by atoms with van der Waals surface area (Å²) in [5.41, 5.74) is 0.359. The van der Waals surface area contributed by atoms with E-state index in [0.29, 0.717) is 11.4 Å². The average molecular weight is 259 g/mol. The van der Waals surface area contributed by atoms with E-state index in [1.807, 2.05) is 6.07 Å². The quantitative estimate of drug-likeness (QED) is 0.826. The van der Waals surface area contributed by atoms with Crippen LogP contribution in [0, 0.1) is 0 Å². The number of aromatic hydroxyl groups is 1. The Morgan fingerprint density at radius 2 is 1.89 bits per heavy atom. The minimum Gasteiger partial charge on any atom is -0.502 e. The van der Waals surface area contributed by atoms with Crippen molar-refractivity contribution >= 4 is 11.5 Å². The third kappa shape index (κ3) is 2.69. The van der Waals surface area contributed by atoms with Gasteiger partial charge in [0.15, 0.2) is 0 Å². The van der Waals surface area contributed by atoms with Crippen LogP contribution in [0.5, 0.6) is 5.75 Å². The largest absolute Gasteiger partial charge is 0.502 e. The molecule has 0 aliphatic heterocycles. The molecule has 0 aliphatic carbocycles. The van der Waals surface area contributed by atoms with Gasteiger partial charge in [-0.15, -0.1) is 10.2 Å². The van der Waals surface area contributed by atoms with Gasteiger partial charge in [-0.25, -0.2) is 0 Å². The van der Waals surface area contributed by atoms with Crippen molar-refractivity contribution in [2.75, 3.05) is 0 Å². The zero-order valence-corrected chi connectivity index (χ0v) is 10.3. The summed E-state index contributed by atoms with van der Waals surface area (Å²) in [6, 6.07) is 10.1. The monoisotopic (exact) mass is 259 g/mol. The molecule has 0 amide bonds. The fourth-order valence-electron chi connectivity index (χ4n) is 1.59. The number of rotatable bonds is 3. The van der Waals surface area contributed by atoms with Gasteiger partial charge in [-0.2, -0.15) is 0 Å². The summed E-state index contributed by atoms with van der Waals surface area (Å²) in [7, 11) is 1.59. The highest BCUT2D eigenvalue weighted by Gasteiger charge is 2.11. The lowest BCUT2D eigenvalue weighted by Crippen LogP contribution is -2.10. The summed E-state index contributed by atoms with van der Waals surface area (Å²) in [5, 5.41) is 26.6. The number of nitrogens with zero attached hydrogens (tertiary/aromatic N) is 3. The predicted octanol–water partition coefficient (Wildman–Crippen LogP) is 2.00. The van der Waals surface area contributed by atoms with Crippen LogP contribution in [0.3, 0.4) is 0 Å². The Labute approximate surface area is 109 Å². The molecule has 6 heteroatoms. The van der Waals surface area contributed by atoms with Crippen LogP contribution < -0.4 is 5.43 Å². The first-order chi connectivity index (χ1) is 9.13. The molecule has 0 atom stereocenters. The molecular formula is C13H13N3O3. The molecule has 0 bridgehead atoms. The summed E-state index contributed by atoms with van der Waals surface area (Å²) in [5.74, 6) is -0.472. The molecule has 2 N–H and O–H groups in total. The number of pyridine rings is 1. The Morgan fingerprint density at radius 3 is 2.53 bits per heavy atom. The molecule has 0 saturated carbocycles. The fourth-order valence-corrected chi connectivity index (χ4v) is 1.59. The highest BCUT2D eigenvalue weighted by atomic mass is 16.3. The zero-order chi connectivity index (χ0) is 13.8. The Bertz CT molecular complexity index is 663. The van der Waals surface area contributed by atoms with Crippen molar-refractivity contribution < 1.29 is 10.2 Å². The highest BCUT2D eigenvalue weighted by Crippen LogP contribution is 2.25. The van der Waals surface area contributed by atoms with Gasteiger partial charge in [0.05, 0.1) is 12.3 Å². The zero-order valence-electron chi connectivity index (χ0n) is 10.3. The van der Waals surface area contributed by atoms with Gasteiger partial charge in [-0.05, 0) is 12.1 Å². The van der Waals surface area contributed by atoms with Crippen LogP contribution in [0.2, 0.25) is 0 Å². The van der Waals surface area contributed by atoms with Crippen LogP contribution in [0.15, 0.2) is 51.4 Å². The minimum absolute atomic E-state index is 0.0143. The van der Waals surface area contributed by atoms with Crippen LogP contribution in [-0.2, 0) is 13.7 Å². The normalized spacial score (nSPS) is 11.1. The first-order valence-corrected chi connectivity index (χ1v) is 5.63. The third-order valence-corrected chi connectivity index (χ3v) is 2.67. The summed E-state index contributed by atoms with van der Waals surface area (Å²) in [4.78, 5) is 11.5. The van der Waals surface area contributed by atoms with Crippen LogP contribution in [-0.4, -0.2) is 14.8 Å². The van der Waals surface area contributed by atoms with Gasteiger partial charge in [0.25, 0.3) is 0 Å². The van der Waals surface area contributed by atoms with Crippen LogP contribution >= 0.6 is 0 Å². The Hall–Kier alpha value is -2.47. The van der Waals surface area contributed by atoms with Crippen molar-refractivity contribution in [2.45, 2.75) is 6.61 Å². The number of benzene rings is 1. The first-order valence-electron chi connectivity index (χ1n) is 5.63. The SMILES string of the molecule is Cn1c(CO)cc(=O)c(O)c1N=Nc1ccccc1. The lowest BCUT2D eigenvalue weighted by Gasteiger charge is -2.09. The third-order valence-electron chi connectivity index (χ3n) is 2.67. The summed E-state index contributed by atoms with van der Waals surface area (Å²) >= 11 is 0. The molecule has 98 valence electrons. The van der Waals surface area contributed by atoms with Crippen molar-refractivity contribution in [3.8, 4) is 5.75 Å². The second-order valence-electron chi connectivity index (χ2n) is 3.92. The smallest absolute Gasteiger partial charge is 0.225 e. The van der Waals surface area contributed by atoms with E-state index in [1.165, 1.54) is 4.57 Å². The van der Waals surface area contributed by atoms with E-state index < -0.39 is 11.2 Å². The van der Waals surface area contributed by atoms with Crippen molar-refractivity contribution in [3.05, 3.63) is 52.3 Å². The fraction of sp³-hybridized carbons (Fsp3) is 0.154. The lowest BCUT2D eigenvalue weighted by molar-refractivity contribution is 0.271. The number of hydrogen-bond donors (Lipinski definition) is 2. The molecule has 2 aromatic rings. The maximum absolute atomic E-state index is 11.5. The van der Waals surface area contributed by atoms with Crippen molar-refractivity contribution in [1.29, 1.82) is 0 Å². The molecule has 0 fully saturated rings. The molecule has 1 heterocycles. The molecule has 1 aromatic heterocycles. The van der Waals surface area contributed by atoms with Gasteiger partial charge in [-0.3, -0.25) is 4.79 Å². The highest BCUT2D eigenvalue weighted by molar-refractivity contribution is 5.46. The Balaban J connectivity index is 2.48. The average Bonchev–Trinajstić information content (AvgIpc) is 2.44. The lowest BCUT2D eigenvalue weighted by atomic mass is 10.3. The number of hydrogen-bond acceptors (Lipinski definition) is 5. The van der Waals surface area contributed by atoms with Crippen molar-refractivity contribution in [2.24, 2.45) is 17.3 Å². The summed E-state index contributed by atoms with van der Waals surface area (Å²) in [6.07, 6.45) is 0. The molecule has 0 saturated heterocycles. The van der Waals surface area contributed by atoms with E-state index >= 15 is 0 Å². The Morgan fingerprint density at radius 1 is 1.21 bits per heavy atom. The van der Waals surface area contributed by atoms with Gasteiger partial charge in [0, 0.05) is 18.8 Å². The van der Waals surface area contributed by atoms with Crippen LogP contribution in [0.4, 0.5) is 11.5 Å². The van der Waals surface area contributed by atoms with Gasteiger partial charge < -0.3 is 14.8 Å². The number of aliphatic hydroxyl groups excluding tert-OH is 1. The molecule has 19 heavy (non-hydrogen) atoms. The van der Waals surface area contributed by atoms with E-state index in [0.717, 1.165) is 6.07 Å². The van der Waals surface area contributed by atoms with Crippen molar-refractivity contribution in [1.82, 2.24) is 4.57 Å². The van der Waals surface area contributed by atoms with Crippen LogP contribution in [0.25, 0.3) is 0 Å². The minimum atomic E-state index is -0.593. The molecular weight excluding hydrogens is 246 g/mol. The summed E-state index contributed by atoms with van der Waals surface area (Å²) < 4.78 is 1.42. The molecule has 1 aromatic carbocycles. The topological polar surface area (TPSA) is 87.2 Å². The standard InChI is InChI=1S/C13H13N3O3/c1-16-10(8-17)7-11(18)12(19)13(16)15-14-9-5-3-2-4-6-9/h2-7,17,19H,8H2,1H3. The summed E-state index contributed by atoms with van der Waals surface area (Å²) in [6.45, 7) is -0.320. The molecule has 0 radical (unpaired) electrons. The van der Waals surface area contributed by atoms with Gasteiger partial charge in [-0.1, -0.05) is 18.2 Å². The second-order valence-corrected chi connectivity index (χ2v) is 3.92. The molecule has 0 unspecified atom stereocenters. The molecule has 6 nitrogen and oxygen atoms in total. The van der Waals surface area contributed by atoms with Gasteiger partial charge in [0.1, 0.15) is 0 Å². The van der Waals surface area contributed by atoms with E-state index in [2.05, 4.69) is 10.2 Å². The van der Waals surface area contributed by atoms with Crippen LogP contribution in [0.1, 0.15) is 5.69 Å². The van der Waals surface area contributed by atoms with E-state index in [-0.39, 0.29) is 12.4 Å². The van der Waals surface area contributed by atoms with Gasteiger partial charge >= 0.3 is 0 Å². The number of aliphatic hydroxyl groups is 1. The van der Waals surface area contributed by atoms with Gasteiger partial charge in [0.2, 0.25) is 17.0 Å². The second kappa shape index (κ2) is 5.45. The molecule has 0 aliphatic rings. The van der Waals surface area contributed by atoms with Crippen molar-refractivity contribution in [3.63, 3.8) is 0 Å². The van der Waals surface area contributed by atoms with E-state index in [9.17, 15) is 9.90 Å². The molecule has 0 spiro atoms. The first kappa shape index (κ1) is 13.0. The number of azo groups is 1. The number of aromatic nitrogens is 1.